The summed E-state index contributed by atoms with van der Waals surface area (Å²) in [6.07, 6.45) is 6.00. The molecule has 0 aromatic carbocycles. The minimum Gasteiger partial charge on any atom is -0.357 e. The molecule has 0 fully saturated rings. The van der Waals surface area contributed by atoms with Crippen LogP contribution in [0.4, 0.5) is 0 Å². The topological polar surface area (TPSA) is 57.5 Å². The summed E-state index contributed by atoms with van der Waals surface area (Å²) in [6, 6.07) is 1.95. The smallest absolute Gasteiger partial charge is 0.191 e. The summed E-state index contributed by atoms with van der Waals surface area (Å²) in [5.41, 5.74) is 0. The Morgan fingerprint density at radius 2 is 2.04 bits per heavy atom. The molecule has 1 rings (SSSR count). The SMILES string of the molecule is CCCN(CC)CCNC(=NCCCn1cccn1)NCC.I. The maximum Gasteiger partial charge on any atom is 0.191 e. The van der Waals surface area contributed by atoms with Gasteiger partial charge in [-0.2, -0.15) is 5.10 Å². The summed E-state index contributed by atoms with van der Waals surface area (Å²) < 4.78 is 1.94. The molecule has 6 nitrogen and oxygen atoms in total. The lowest BCUT2D eigenvalue weighted by molar-refractivity contribution is 0.293. The zero-order valence-corrected chi connectivity index (χ0v) is 17.1. The van der Waals surface area contributed by atoms with Crippen molar-refractivity contribution in [3.05, 3.63) is 18.5 Å². The maximum atomic E-state index is 4.62. The molecule has 0 aliphatic carbocycles. The van der Waals surface area contributed by atoms with Crippen LogP contribution in [0.5, 0.6) is 0 Å². The van der Waals surface area contributed by atoms with E-state index in [4.69, 9.17) is 0 Å². The van der Waals surface area contributed by atoms with Gasteiger partial charge in [-0.25, -0.2) is 0 Å². The molecule has 0 aliphatic rings. The van der Waals surface area contributed by atoms with E-state index in [2.05, 4.69) is 46.4 Å². The summed E-state index contributed by atoms with van der Waals surface area (Å²) in [6.45, 7) is 13.4. The van der Waals surface area contributed by atoms with E-state index in [0.29, 0.717) is 0 Å². The maximum absolute atomic E-state index is 4.62. The van der Waals surface area contributed by atoms with Crippen molar-refractivity contribution in [1.29, 1.82) is 0 Å². The Morgan fingerprint density at radius 3 is 2.65 bits per heavy atom. The van der Waals surface area contributed by atoms with E-state index in [0.717, 1.165) is 58.2 Å². The average Bonchev–Trinajstić information content (AvgIpc) is 3.03. The molecule has 0 unspecified atom stereocenters. The van der Waals surface area contributed by atoms with Gasteiger partial charge in [0.15, 0.2) is 5.96 Å². The van der Waals surface area contributed by atoms with E-state index in [1.54, 1.807) is 0 Å². The molecule has 0 saturated heterocycles. The monoisotopic (exact) mass is 436 g/mol. The highest BCUT2D eigenvalue weighted by Gasteiger charge is 2.01. The first-order chi connectivity index (χ1) is 10.8. The minimum absolute atomic E-state index is 0. The van der Waals surface area contributed by atoms with E-state index in [1.807, 2.05) is 23.1 Å². The first kappa shape index (κ1) is 22.2. The van der Waals surface area contributed by atoms with Crippen LogP contribution in [0.25, 0.3) is 0 Å². The molecule has 2 N–H and O–H groups in total. The third-order valence-corrected chi connectivity index (χ3v) is 3.43. The summed E-state index contributed by atoms with van der Waals surface area (Å²) in [5, 5.41) is 10.9. The number of halogens is 1. The van der Waals surface area contributed by atoms with Crippen LogP contribution < -0.4 is 10.6 Å². The number of aliphatic imine (C=N–C) groups is 1. The van der Waals surface area contributed by atoms with Crippen LogP contribution >= 0.6 is 24.0 Å². The van der Waals surface area contributed by atoms with Crippen LogP contribution in [0.3, 0.4) is 0 Å². The highest BCUT2D eigenvalue weighted by atomic mass is 127. The summed E-state index contributed by atoms with van der Waals surface area (Å²) in [4.78, 5) is 7.07. The quantitative estimate of drug-likeness (QED) is 0.242. The van der Waals surface area contributed by atoms with Crippen LogP contribution in [-0.2, 0) is 6.54 Å². The van der Waals surface area contributed by atoms with Gasteiger partial charge in [-0.05, 0) is 38.9 Å². The normalized spacial score (nSPS) is 11.4. The molecule has 1 aromatic heterocycles. The second kappa shape index (κ2) is 14.7. The van der Waals surface area contributed by atoms with Crippen molar-refractivity contribution in [2.24, 2.45) is 4.99 Å². The molecule has 1 heterocycles. The largest absolute Gasteiger partial charge is 0.357 e. The fraction of sp³-hybridized carbons (Fsp3) is 0.750. The Morgan fingerprint density at radius 1 is 1.22 bits per heavy atom. The number of guanidine groups is 1. The second-order valence-electron chi connectivity index (χ2n) is 5.24. The molecule has 1 aromatic rings. The Hall–Kier alpha value is -0.830. The number of rotatable bonds is 11. The average molecular weight is 436 g/mol. The first-order valence-corrected chi connectivity index (χ1v) is 8.52. The van der Waals surface area contributed by atoms with Crippen LogP contribution in [0.1, 0.15) is 33.6 Å². The Labute approximate surface area is 158 Å². The van der Waals surface area contributed by atoms with Gasteiger partial charge in [0.1, 0.15) is 0 Å². The number of likely N-dealkylation sites (N-methyl/N-ethyl adjacent to an activating group) is 1. The van der Waals surface area contributed by atoms with Crippen LogP contribution in [0.2, 0.25) is 0 Å². The number of aryl methyl sites for hydroxylation is 1. The Balaban J connectivity index is 0.00000484. The third kappa shape index (κ3) is 10.5. The zero-order valence-electron chi connectivity index (χ0n) is 14.8. The molecule has 134 valence electrons. The van der Waals surface area contributed by atoms with Crippen molar-refractivity contribution in [3.63, 3.8) is 0 Å². The molecule has 0 amide bonds. The van der Waals surface area contributed by atoms with Crippen molar-refractivity contribution < 1.29 is 0 Å². The lowest BCUT2D eigenvalue weighted by Gasteiger charge is -2.20. The van der Waals surface area contributed by atoms with Gasteiger partial charge in [-0.3, -0.25) is 9.67 Å². The van der Waals surface area contributed by atoms with Gasteiger partial charge in [-0.15, -0.1) is 24.0 Å². The van der Waals surface area contributed by atoms with Gasteiger partial charge >= 0.3 is 0 Å². The second-order valence-corrected chi connectivity index (χ2v) is 5.24. The van der Waals surface area contributed by atoms with Crippen molar-refractivity contribution in [3.8, 4) is 0 Å². The number of hydrogen-bond donors (Lipinski definition) is 2. The minimum atomic E-state index is 0. The molecule has 0 saturated carbocycles. The van der Waals surface area contributed by atoms with Gasteiger partial charge in [0.25, 0.3) is 0 Å². The molecule has 0 radical (unpaired) electrons. The molecular formula is C16H33IN6. The summed E-state index contributed by atoms with van der Waals surface area (Å²) >= 11 is 0. The van der Waals surface area contributed by atoms with Gasteiger partial charge in [-0.1, -0.05) is 13.8 Å². The highest BCUT2D eigenvalue weighted by molar-refractivity contribution is 14.0. The predicted molar refractivity (Wildman–Crippen MR) is 109 cm³/mol. The van der Waals surface area contributed by atoms with Gasteiger partial charge < -0.3 is 15.5 Å². The van der Waals surface area contributed by atoms with E-state index < -0.39 is 0 Å². The lowest BCUT2D eigenvalue weighted by atomic mass is 10.4. The standard InChI is InChI=1S/C16H32N6.HI/c1-4-12-21(6-3)15-11-19-16(17-5-2)18-9-7-13-22-14-8-10-20-22;/h8,10,14H,4-7,9,11-13,15H2,1-3H3,(H2,17,18,19);1H. The van der Waals surface area contributed by atoms with E-state index in [-0.39, 0.29) is 24.0 Å². The van der Waals surface area contributed by atoms with E-state index in [1.165, 1.54) is 6.42 Å². The highest BCUT2D eigenvalue weighted by Crippen LogP contribution is 1.91. The molecular weight excluding hydrogens is 403 g/mol. The first-order valence-electron chi connectivity index (χ1n) is 8.52. The van der Waals surface area contributed by atoms with Crippen molar-refractivity contribution in [2.45, 2.75) is 40.2 Å². The van der Waals surface area contributed by atoms with Gasteiger partial charge in [0.2, 0.25) is 0 Å². The molecule has 7 heteroatoms. The predicted octanol–water partition coefficient (Wildman–Crippen LogP) is 2.18. The number of nitrogens with zero attached hydrogens (tertiary/aromatic N) is 4. The van der Waals surface area contributed by atoms with Gasteiger partial charge in [0.05, 0.1) is 0 Å². The number of nitrogens with one attached hydrogen (secondary N) is 2. The molecule has 0 atom stereocenters. The summed E-state index contributed by atoms with van der Waals surface area (Å²) in [7, 11) is 0. The number of aromatic nitrogens is 2. The van der Waals surface area contributed by atoms with Gasteiger partial charge in [0, 0.05) is 45.1 Å². The fourth-order valence-electron chi connectivity index (χ4n) is 2.27. The number of hydrogen-bond acceptors (Lipinski definition) is 3. The third-order valence-electron chi connectivity index (χ3n) is 3.43. The zero-order chi connectivity index (χ0) is 16.0. The fourth-order valence-corrected chi connectivity index (χ4v) is 2.27. The lowest BCUT2D eigenvalue weighted by Crippen LogP contribution is -2.41. The Kier molecular flexibility index (Phi) is 14.2. The van der Waals surface area contributed by atoms with Crippen LogP contribution in [0.15, 0.2) is 23.5 Å². The van der Waals surface area contributed by atoms with E-state index in [9.17, 15) is 0 Å². The van der Waals surface area contributed by atoms with Crippen LogP contribution in [0, 0.1) is 0 Å². The molecule has 0 spiro atoms. The van der Waals surface area contributed by atoms with Crippen molar-refractivity contribution >= 4 is 29.9 Å². The van der Waals surface area contributed by atoms with Crippen molar-refractivity contribution in [1.82, 2.24) is 25.3 Å². The Bertz CT molecular complexity index is 393. The molecule has 0 bridgehead atoms. The molecule has 23 heavy (non-hydrogen) atoms. The van der Waals surface area contributed by atoms with Crippen molar-refractivity contribution in [2.75, 3.05) is 39.3 Å². The van der Waals surface area contributed by atoms with Crippen LogP contribution in [-0.4, -0.2) is 59.9 Å². The molecule has 0 aliphatic heterocycles. The van der Waals surface area contributed by atoms with E-state index >= 15 is 0 Å². The summed E-state index contributed by atoms with van der Waals surface area (Å²) in [5.74, 6) is 0.913.